The molecule has 42 heteroatoms. The number of amides is 15. The Morgan fingerprint density at radius 2 is 0.741 bits per heavy atom. The van der Waals surface area contributed by atoms with Crippen LogP contribution in [0.5, 0.6) is 0 Å². The van der Waals surface area contributed by atoms with Crippen LogP contribution >= 0.6 is 0 Å². The van der Waals surface area contributed by atoms with Crippen molar-refractivity contribution >= 4 is 118 Å². The van der Waals surface area contributed by atoms with E-state index in [1.165, 1.54) is 34.6 Å². The Balaban J connectivity index is 3.34. The van der Waals surface area contributed by atoms with Gasteiger partial charge in [0.25, 0.3) is 0 Å². The van der Waals surface area contributed by atoms with Crippen LogP contribution in [0.15, 0.2) is 35.3 Å². The Kier molecular flexibility index (Phi) is 44.1. The molecule has 0 radical (unpaired) electrons. The van der Waals surface area contributed by atoms with Gasteiger partial charge in [0.1, 0.15) is 78.5 Å². The van der Waals surface area contributed by atoms with Gasteiger partial charge < -0.3 is 118 Å². The summed E-state index contributed by atoms with van der Waals surface area (Å²) >= 11 is 0. The number of primary amides is 1. The van der Waals surface area contributed by atoms with E-state index in [-0.39, 0.29) is 69.3 Å². The molecule has 1 aromatic carbocycles. The van der Waals surface area contributed by atoms with Gasteiger partial charge in [-0.2, -0.15) is 0 Å². The minimum absolute atomic E-state index is 0.0409. The maximum absolute atomic E-state index is 14.2. The number of carboxylic acids is 4. The van der Waals surface area contributed by atoms with Crippen molar-refractivity contribution in [3.05, 3.63) is 35.9 Å². The second-order valence-electron chi connectivity index (χ2n) is 27.9. The lowest BCUT2D eigenvalue weighted by molar-refractivity contribution is -0.142. The molecular formula is C70H113N19O23. The summed E-state index contributed by atoms with van der Waals surface area (Å²) in [4.78, 5) is 253. The van der Waals surface area contributed by atoms with Gasteiger partial charge in [-0.3, -0.25) is 96.1 Å². The van der Waals surface area contributed by atoms with Gasteiger partial charge in [-0.1, -0.05) is 78.3 Å². The van der Waals surface area contributed by atoms with Gasteiger partial charge in [0.05, 0.1) is 12.6 Å². The molecule has 0 saturated carbocycles. The predicted molar refractivity (Wildman–Crippen MR) is 400 cm³/mol. The summed E-state index contributed by atoms with van der Waals surface area (Å²) in [6.07, 6.45) is -4.34. The number of carbonyl (C=O) groups excluding carboxylic acids is 15. The fraction of sp³-hybridized carbons (Fsp3) is 0.629. The molecule has 1 rings (SSSR count). The van der Waals surface area contributed by atoms with Gasteiger partial charge in [0.15, 0.2) is 5.96 Å². The third-order valence-corrected chi connectivity index (χ3v) is 17.0. The lowest BCUT2D eigenvalue weighted by Crippen LogP contribution is -2.60. The second-order valence-corrected chi connectivity index (χ2v) is 27.9. The SMILES string of the molecule is CC[C@H](C)[C@H](NC(=O)[C@H](C)NC(=O)CNC(=O)[C@H](CCCN=C(N)N)NC(=O)[C@H](C)NC(=O)[C@H](C)NC(=O)[C@H](CC(C)C)NC(=O)[C@H](CCC(=O)O)NC(=O)[C@H](CCC(=O)O)NC(=O)[C@H](CC(C)C)NC(=O)[C@H](C)NC(=O)[C@@H](N)CCC(=O)O)C(=O)N[C@@H](Cc1ccccc1)C(=O)N[C@@H](CCC(N)=O)C(=O)N[C@@H](C)C(=O)O. The van der Waals surface area contributed by atoms with E-state index >= 15 is 0 Å². The molecule has 26 N–H and O–H groups in total. The average molecular weight is 1590 g/mol. The highest BCUT2D eigenvalue weighted by Crippen LogP contribution is 2.15. The quantitative estimate of drug-likeness (QED) is 0.0164. The highest BCUT2D eigenvalue weighted by molar-refractivity contribution is 6.00. The van der Waals surface area contributed by atoms with E-state index < -0.39 is 248 Å². The smallest absolute Gasteiger partial charge is 0.325 e. The van der Waals surface area contributed by atoms with Gasteiger partial charge in [-0.05, 0) is 109 Å². The summed E-state index contributed by atoms with van der Waals surface area (Å²) in [6.45, 7) is 15.3. The van der Waals surface area contributed by atoms with Crippen LogP contribution < -0.4 is 97.4 Å². The number of hydrogen-bond acceptors (Lipinski definition) is 21. The van der Waals surface area contributed by atoms with Gasteiger partial charge in [0.2, 0.25) is 88.6 Å². The van der Waals surface area contributed by atoms with Gasteiger partial charge in [-0.15, -0.1) is 0 Å². The summed E-state index contributed by atoms with van der Waals surface area (Å²) in [5.41, 5.74) is 22.6. The number of nitrogens with one attached hydrogen (secondary N) is 14. The molecule has 0 spiro atoms. The van der Waals surface area contributed by atoms with E-state index in [9.17, 15) is 106 Å². The van der Waals surface area contributed by atoms with Crippen molar-refractivity contribution in [3.63, 3.8) is 0 Å². The van der Waals surface area contributed by atoms with Crippen LogP contribution in [-0.4, -0.2) is 237 Å². The summed E-state index contributed by atoms with van der Waals surface area (Å²) in [5, 5.41) is 71.4. The fourth-order valence-electron chi connectivity index (χ4n) is 10.4. The van der Waals surface area contributed by atoms with Crippen molar-refractivity contribution in [3.8, 4) is 0 Å². The molecule has 0 saturated heterocycles. The number of nitrogens with two attached hydrogens (primary N) is 4. The van der Waals surface area contributed by atoms with E-state index in [0.717, 1.165) is 0 Å². The van der Waals surface area contributed by atoms with Crippen LogP contribution in [0.25, 0.3) is 0 Å². The molecule has 0 heterocycles. The Labute approximate surface area is 647 Å². The normalized spacial score (nSPS) is 15.0. The first-order valence-electron chi connectivity index (χ1n) is 36.5. The number of rotatable bonds is 53. The molecule has 42 nitrogen and oxygen atoms in total. The molecule has 0 aliphatic carbocycles. The number of carboxylic acid groups (broad SMARTS) is 4. The van der Waals surface area contributed by atoms with Gasteiger partial charge in [0, 0.05) is 38.6 Å². The average Bonchev–Trinajstić information content (AvgIpc) is 0.855. The molecule has 0 aromatic heterocycles. The highest BCUT2D eigenvalue weighted by atomic mass is 16.4. The van der Waals surface area contributed by atoms with Crippen molar-refractivity contribution in [2.45, 2.75) is 251 Å². The third-order valence-electron chi connectivity index (χ3n) is 17.0. The number of hydrogen-bond donors (Lipinski definition) is 22. The maximum Gasteiger partial charge on any atom is 0.325 e. The van der Waals surface area contributed by atoms with E-state index in [4.69, 9.17) is 28.0 Å². The molecule has 1 aromatic rings. The van der Waals surface area contributed by atoms with Crippen LogP contribution in [0.1, 0.15) is 165 Å². The van der Waals surface area contributed by atoms with Crippen molar-refractivity contribution < 1.29 is 112 Å². The summed E-state index contributed by atoms with van der Waals surface area (Å²) in [6, 6.07) is -12.2. The highest BCUT2D eigenvalue weighted by Gasteiger charge is 2.38. The molecule has 112 heavy (non-hydrogen) atoms. The number of benzene rings is 1. The first kappa shape index (κ1) is 98.4. The molecule has 0 fully saturated rings. The summed E-state index contributed by atoms with van der Waals surface area (Å²) < 4.78 is 0. The number of nitrogens with zero attached hydrogens (tertiary/aromatic N) is 1. The largest absolute Gasteiger partial charge is 0.481 e. The number of aliphatic carboxylic acids is 4. The summed E-state index contributed by atoms with van der Waals surface area (Å²) in [7, 11) is 0. The molecule has 0 bridgehead atoms. The lowest BCUT2D eigenvalue weighted by Gasteiger charge is -2.28. The molecule has 0 aliphatic rings. The molecular weight excluding hydrogens is 1470 g/mol. The Bertz CT molecular complexity index is 3490. The zero-order valence-electron chi connectivity index (χ0n) is 64.8. The number of carbonyl (C=O) groups is 19. The third kappa shape index (κ3) is 39.1. The monoisotopic (exact) mass is 1590 g/mol. The topological polar surface area (TPSA) is 690 Å². The van der Waals surface area contributed by atoms with Gasteiger partial charge >= 0.3 is 23.9 Å². The van der Waals surface area contributed by atoms with E-state index in [1.54, 1.807) is 71.9 Å². The van der Waals surface area contributed by atoms with Crippen molar-refractivity contribution in [1.82, 2.24) is 74.4 Å². The summed E-state index contributed by atoms with van der Waals surface area (Å²) in [5.74, 6) is -21.5. The predicted octanol–water partition coefficient (Wildman–Crippen LogP) is -5.79. The van der Waals surface area contributed by atoms with Crippen molar-refractivity contribution in [2.24, 2.45) is 45.7 Å². The fourth-order valence-corrected chi connectivity index (χ4v) is 10.4. The van der Waals surface area contributed by atoms with E-state index in [0.29, 0.717) is 12.0 Å². The van der Waals surface area contributed by atoms with Gasteiger partial charge in [-0.25, -0.2) is 0 Å². The number of aliphatic imine (C=N–C) groups is 1. The van der Waals surface area contributed by atoms with Crippen LogP contribution in [0.4, 0.5) is 0 Å². The minimum Gasteiger partial charge on any atom is -0.481 e. The Hall–Kier alpha value is -11.6. The minimum atomic E-state index is -1.78. The van der Waals surface area contributed by atoms with Crippen LogP contribution in [-0.2, 0) is 97.5 Å². The van der Waals surface area contributed by atoms with E-state index in [2.05, 4.69) is 79.4 Å². The second kappa shape index (κ2) is 50.2. The molecule has 15 atom stereocenters. The first-order chi connectivity index (χ1) is 52.3. The van der Waals surface area contributed by atoms with E-state index in [1.807, 2.05) is 0 Å². The molecule has 0 unspecified atom stereocenters. The Morgan fingerprint density at radius 1 is 0.384 bits per heavy atom. The van der Waals surface area contributed by atoms with Crippen LogP contribution in [0.2, 0.25) is 0 Å². The zero-order valence-corrected chi connectivity index (χ0v) is 64.8. The van der Waals surface area contributed by atoms with Crippen molar-refractivity contribution in [1.29, 1.82) is 0 Å². The standard InChI is InChI=1S/C70H113N19O23/c1-12-35(6)55(68(110)88-49(31-41-17-14-13-15-18-41)67(109)84-44(21-24-50(72)90)62(104)81-40(11)69(111)112)89-59(101)36(7)77-51(91)32-76-61(103)43(19-16-28-75-70(73)74)82-57(99)38(9)78-56(98)37(8)80-65(107)47(29-33(2)3)87-64(106)46(23-27-54(96)97)83-63(105)45(22-26-53(94)95)85-66(108)48(30-34(4)5)86-58(100)39(10)79-60(102)42(71)20-25-52(92)93/h13-15,17-18,33-40,42-49,55H,12,16,19-32,71H2,1-11H3,(H2,72,90)(H,76,103)(H,77,91)(H,78,98)(H,79,102)(H,80,107)(H,81,104)(H,82,99)(H,83,105)(H,84,109)(H,85,108)(H,86,100)(H,87,106)(H,88,110)(H,89,101)(H,92,93)(H,94,95)(H,96,97)(H,111,112)(H4,73,74,75)/t35-,36-,37-,38-,39-,40-,42-,43-,44-,45-,46-,47-,48-,49-,55-/m0/s1. The molecule has 15 amide bonds. The number of guanidine groups is 1. The van der Waals surface area contributed by atoms with Crippen molar-refractivity contribution in [2.75, 3.05) is 13.1 Å². The first-order valence-corrected chi connectivity index (χ1v) is 36.5. The zero-order chi connectivity index (χ0) is 85.4. The van der Waals surface area contributed by atoms with Crippen LogP contribution in [0.3, 0.4) is 0 Å². The molecule has 626 valence electrons. The maximum atomic E-state index is 14.2. The Morgan fingerprint density at radius 3 is 1.20 bits per heavy atom. The molecule has 0 aliphatic heterocycles. The lowest BCUT2D eigenvalue weighted by atomic mass is 9.96. The van der Waals surface area contributed by atoms with Crippen LogP contribution in [0, 0.1) is 17.8 Å².